The predicted molar refractivity (Wildman–Crippen MR) is 86.9 cm³/mol. The van der Waals surface area contributed by atoms with E-state index in [0.717, 1.165) is 22.9 Å². The maximum absolute atomic E-state index is 5.77. The van der Waals surface area contributed by atoms with Gasteiger partial charge in [0.1, 0.15) is 5.82 Å². The largest absolute Gasteiger partial charge is 0.368 e. The van der Waals surface area contributed by atoms with Gasteiger partial charge in [-0.2, -0.15) is 4.98 Å². The van der Waals surface area contributed by atoms with Gasteiger partial charge in [-0.1, -0.05) is 37.3 Å². The van der Waals surface area contributed by atoms with Crippen molar-refractivity contribution in [3.05, 3.63) is 36.5 Å². The highest BCUT2D eigenvalue weighted by atomic mass is 15.1. The Morgan fingerprint density at radius 3 is 2.52 bits per heavy atom. The smallest absolute Gasteiger partial charge is 0.221 e. The van der Waals surface area contributed by atoms with Crippen molar-refractivity contribution in [3.8, 4) is 11.1 Å². The molecule has 0 spiro atoms. The molecule has 1 heterocycles. The maximum Gasteiger partial charge on any atom is 0.221 e. The molecule has 0 bridgehead atoms. The molecular weight excluding hydrogens is 260 g/mol. The third-order valence-corrected chi connectivity index (χ3v) is 4.25. The van der Waals surface area contributed by atoms with Gasteiger partial charge in [-0.05, 0) is 37.2 Å². The summed E-state index contributed by atoms with van der Waals surface area (Å²) in [5, 5.41) is 3.58. The number of hydrogen-bond acceptors (Lipinski definition) is 4. The molecule has 3 rings (SSSR count). The molecule has 1 fully saturated rings. The zero-order chi connectivity index (χ0) is 14.7. The highest BCUT2D eigenvalue weighted by Crippen LogP contribution is 2.30. The molecule has 1 aliphatic rings. The quantitative estimate of drug-likeness (QED) is 0.900. The van der Waals surface area contributed by atoms with Crippen LogP contribution in [0.5, 0.6) is 0 Å². The summed E-state index contributed by atoms with van der Waals surface area (Å²) in [7, 11) is 0. The Morgan fingerprint density at radius 1 is 1.10 bits per heavy atom. The Hall–Kier alpha value is -2.10. The normalized spacial score (nSPS) is 22.0. The van der Waals surface area contributed by atoms with E-state index in [1.807, 2.05) is 24.4 Å². The fourth-order valence-corrected chi connectivity index (χ4v) is 2.93. The molecule has 0 atom stereocenters. The summed E-state index contributed by atoms with van der Waals surface area (Å²) >= 11 is 0. The van der Waals surface area contributed by atoms with Gasteiger partial charge in [-0.3, -0.25) is 0 Å². The van der Waals surface area contributed by atoms with Gasteiger partial charge in [-0.25, -0.2) is 4.98 Å². The van der Waals surface area contributed by atoms with Crippen molar-refractivity contribution in [2.24, 2.45) is 5.92 Å². The van der Waals surface area contributed by atoms with Gasteiger partial charge in [0.15, 0.2) is 0 Å². The van der Waals surface area contributed by atoms with Crippen LogP contribution in [0.25, 0.3) is 11.1 Å². The molecule has 110 valence electrons. The first-order valence-corrected chi connectivity index (χ1v) is 7.67. The van der Waals surface area contributed by atoms with E-state index in [-0.39, 0.29) is 0 Å². The molecule has 1 aromatic carbocycles. The van der Waals surface area contributed by atoms with E-state index in [9.17, 15) is 0 Å². The van der Waals surface area contributed by atoms with Crippen molar-refractivity contribution >= 4 is 11.8 Å². The highest BCUT2D eigenvalue weighted by Gasteiger charge is 2.20. The van der Waals surface area contributed by atoms with Gasteiger partial charge in [0.25, 0.3) is 0 Å². The number of nitrogens with one attached hydrogen (secondary N) is 1. The van der Waals surface area contributed by atoms with Crippen LogP contribution in [0.1, 0.15) is 32.6 Å². The lowest BCUT2D eigenvalue weighted by atomic mass is 9.87. The summed E-state index contributed by atoms with van der Waals surface area (Å²) < 4.78 is 0. The second-order valence-corrected chi connectivity index (χ2v) is 5.96. The van der Waals surface area contributed by atoms with Gasteiger partial charge in [-0.15, -0.1) is 0 Å². The van der Waals surface area contributed by atoms with Crippen molar-refractivity contribution in [2.45, 2.75) is 38.6 Å². The second-order valence-electron chi connectivity index (χ2n) is 5.96. The second kappa shape index (κ2) is 6.12. The van der Waals surface area contributed by atoms with Crippen LogP contribution >= 0.6 is 0 Å². The Balaban J connectivity index is 1.85. The summed E-state index contributed by atoms with van der Waals surface area (Å²) in [5.74, 6) is 2.02. The number of benzene rings is 1. The van der Waals surface area contributed by atoms with Crippen molar-refractivity contribution in [1.82, 2.24) is 9.97 Å². The molecule has 3 N–H and O–H groups in total. The molecule has 1 aromatic heterocycles. The van der Waals surface area contributed by atoms with E-state index >= 15 is 0 Å². The van der Waals surface area contributed by atoms with Gasteiger partial charge in [0.05, 0.1) is 0 Å². The number of nitrogen functional groups attached to an aromatic ring is 1. The van der Waals surface area contributed by atoms with Crippen LogP contribution in [-0.4, -0.2) is 16.0 Å². The number of aromatic nitrogens is 2. The van der Waals surface area contributed by atoms with E-state index < -0.39 is 0 Å². The van der Waals surface area contributed by atoms with Gasteiger partial charge in [0.2, 0.25) is 5.95 Å². The highest BCUT2D eigenvalue weighted by molar-refractivity contribution is 5.75. The van der Waals surface area contributed by atoms with Crippen LogP contribution in [0.3, 0.4) is 0 Å². The van der Waals surface area contributed by atoms with Crippen LogP contribution in [0, 0.1) is 5.92 Å². The number of anilines is 2. The zero-order valence-electron chi connectivity index (χ0n) is 12.4. The fourth-order valence-electron chi connectivity index (χ4n) is 2.93. The predicted octanol–water partition coefficient (Wildman–Crippen LogP) is 3.72. The lowest BCUT2D eigenvalue weighted by Gasteiger charge is -2.28. The molecule has 0 amide bonds. The zero-order valence-corrected chi connectivity index (χ0v) is 12.4. The Morgan fingerprint density at radius 2 is 1.81 bits per heavy atom. The van der Waals surface area contributed by atoms with Crippen molar-refractivity contribution in [1.29, 1.82) is 0 Å². The maximum atomic E-state index is 5.77. The summed E-state index contributed by atoms with van der Waals surface area (Å²) in [5.41, 5.74) is 7.90. The molecule has 0 unspecified atom stereocenters. The molecule has 0 saturated heterocycles. The summed E-state index contributed by atoms with van der Waals surface area (Å²) in [6.45, 7) is 2.33. The minimum Gasteiger partial charge on any atom is -0.368 e. The standard InChI is InChI=1S/C17H22N4/c1-12-7-9-14(10-8-12)20-16-15(11-19-17(18)21-16)13-5-3-2-4-6-13/h2-6,11-12,14H,7-10H2,1H3,(H3,18,19,20,21). The van der Waals surface area contributed by atoms with Crippen molar-refractivity contribution in [2.75, 3.05) is 11.1 Å². The first kappa shape index (κ1) is 13.9. The SMILES string of the molecule is CC1CCC(Nc2nc(N)ncc2-c2ccccc2)CC1. The molecule has 4 heteroatoms. The van der Waals surface area contributed by atoms with E-state index in [2.05, 4.69) is 34.3 Å². The molecule has 1 aliphatic carbocycles. The Labute approximate surface area is 125 Å². The summed E-state index contributed by atoms with van der Waals surface area (Å²) in [4.78, 5) is 8.57. The summed E-state index contributed by atoms with van der Waals surface area (Å²) in [6.07, 6.45) is 6.75. The number of nitrogens with two attached hydrogens (primary N) is 1. The Kier molecular flexibility index (Phi) is 4.04. The summed E-state index contributed by atoms with van der Waals surface area (Å²) in [6, 6.07) is 10.7. The number of rotatable bonds is 3. The van der Waals surface area contributed by atoms with Crippen LogP contribution < -0.4 is 11.1 Å². The first-order valence-electron chi connectivity index (χ1n) is 7.67. The molecular formula is C17H22N4. The van der Waals surface area contributed by atoms with E-state index in [1.54, 1.807) is 0 Å². The minimum atomic E-state index is 0.321. The fraction of sp³-hybridized carbons (Fsp3) is 0.412. The van der Waals surface area contributed by atoms with Crippen molar-refractivity contribution < 1.29 is 0 Å². The van der Waals surface area contributed by atoms with E-state index in [4.69, 9.17) is 5.73 Å². The molecule has 0 aliphatic heterocycles. The van der Waals surface area contributed by atoms with Crippen LogP contribution in [0.2, 0.25) is 0 Å². The lowest BCUT2D eigenvalue weighted by Crippen LogP contribution is -2.26. The van der Waals surface area contributed by atoms with Crippen molar-refractivity contribution in [3.63, 3.8) is 0 Å². The third-order valence-electron chi connectivity index (χ3n) is 4.25. The van der Waals surface area contributed by atoms with Gasteiger partial charge >= 0.3 is 0 Å². The number of nitrogens with zero attached hydrogens (tertiary/aromatic N) is 2. The molecule has 21 heavy (non-hydrogen) atoms. The average molecular weight is 282 g/mol. The average Bonchev–Trinajstić information content (AvgIpc) is 2.51. The lowest BCUT2D eigenvalue weighted by molar-refractivity contribution is 0.361. The van der Waals surface area contributed by atoms with Crippen LogP contribution in [0.15, 0.2) is 36.5 Å². The topological polar surface area (TPSA) is 63.8 Å². The molecule has 2 aromatic rings. The van der Waals surface area contributed by atoms with Crippen LogP contribution in [0.4, 0.5) is 11.8 Å². The monoisotopic (exact) mass is 282 g/mol. The van der Waals surface area contributed by atoms with Gasteiger partial charge in [0, 0.05) is 17.8 Å². The van der Waals surface area contributed by atoms with E-state index in [1.165, 1.54) is 25.7 Å². The third kappa shape index (κ3) is 3.32. The first-order chi connectivity index (χ1) is 10.2. The van der Waals surface area contributed by atoms with Gasteiger partial charge < -0.3 is 11.1 Å². The molecule has 4 nitrogen and oxygen atoms in total. The molecule has 0 radical (unpaired) electrons. The molecule has 1 saturated carbocycles. The van der Waals surface area contributed by atoms with E-state index in [0.29, 0.717) is 12.0 Å². The minimum absolute atomic E-state index is 0.321. The van der Waals surface area contributed by atoms with Crippen LogP contribution in [-0.2, 0) is 0 Å². The number of hydrogen-bond donors (Lipinski definition) is 2. The Bertz CT molecular complexity index is 589.